The van der Waals surface area contributed by atoms with Gasteiger partial charge in [0.1, 0.15) is 48.1 Å². The molecule has 2 fully saturated rings. The van der Waals surface area contributed by atoms with Crippen molar-refractivity contribution in [1.82, 2.24) is 19.7 Å². The van der Waals surface area contributed by atoms with Gasteiger partial charge in [0, 0.05) is 0 Å². The number of aliphatic hydroxyl groups excluding tert-OH is 2. The SMILES string of the molecule is C=NC[C@@]1(c2ccc3c(N)ncnn23)O[C@H](COP(=O)(N[C@@H](C)C(=O)OC2CCCCC2)Oc2ccccc2)[C@@H](O)[C@H]1O. The number of rotatable bonds is 12. The molecule has 14 nitrogen and oxygen atoms in total. The quantitative estimate of drug-likeness (QED) is 0.132. The van der Waals surface area contributed by atoms with Crippen LogP contribution in [0.5, 0.6) is 5.75 Å². The van der Waals surface area contributed by atoms with Crippen molar-refractivity contribution < 1.29 is 38.1 Å². The fourth-order valence-electron chi connectivity index (χ4n) is 5.51. The fraction of sp³-hybridized carbons (Fsp3) is 0.500. The van der Waals surface area contributed by atoms with E-state index in [1.165, 1.54) is 17.8 Å². The van der Waals surface area contributed by atoms with Gasteiger partial charge in [0.2, 0.25) is 0 Å². The number of carbonyl (C=O) groups excluding carboxylic acids is 1. The molecule has 3 aromatic rings. The molecule has 1 unspecified atom stereocenters. The van der Waals surface area contributed by atoms with E-state index in [4.69, 9.17) is 24.3 Å². The molecule has 3 heterocycles. The predicted molar refractivity (Wildman–Crippen MR) is 157 cm³/mol. The number of esters is 1. The number of hydrogen-bond acceptors (Lipinski definition) is 12. The van der Waals surface area contributed by atoms with Crippen LogP contribution in [0.3, 0.4) is 0 Å². The first-order valence-electron chi connectivity index (χ1n) is 14.2. The van der Waals surface area contributed by atoms with Gasteiger partial charge >= 0.3 is 13.7 Å². The summed E-state index contributed by atoms with van der Waals surface area (Å²) in [5.41, 5.74) is 5.19. The summed E-state index contributed by atoms with van der Waals surface area (Å²) < 4.78 is 38.8. The highest BCUT2D eigenvalue weighted by molar-refractivity contribution is 7.52. The zero-order valence-electron chi connectivity index (χ0n) is 23.8. The van der Waals surface area contributed by atoms with Crippen LogP contribution in [0.25, 0.3) is 5.52 Å². The minimum atomic E-state index is -4.27. The second-order valence-corrected chi connectivity index (χ2v) is 12.5. The van der Waals surface area contributed by atoms with Crippen molar-refractivity contribution in [3.8, 4) is 5.75 Å². The van der Waals surface area contributed by atoms with E-state index in [2.05, 4.69) is 26.9 Å². The van der Waals surface area contributed by atoms with E-state index in [1.54, 1.807) is 42.5 Å². The van der Waals surface area contributed by atoms with Gasteiger partial charge in [-0.3, -0.25) is 14.3 Å². The Hall–Kier alpha value is -3.39. The van der Waals surface area contributed by atoms with E-state index < -0.39 is 50.3 Å². The van der Waals surface area contributed by atoms with Crippen LogP contribution >= 0.6 is 7.75 Å². The molecule has 15 heteroatoms. The standard InChI is InChI=1S/C28H37N6O8P/c1-18(27(37)40-19-9-5-3-6-10-19)33-43(38,42-20-11-7-4-8-12-20)39-15-22-24(35)25(36)28(41-22,16-30-2)23-14-13-21-26(29)31-17-32-34(21)23/h4,7-8,11-14,17-19,22,24-25,35-36H,2-3,5-6,9-10,15-16H2,1H3,(H,33,38)(H2,29,31,32)/t18-,22+,24+,25+,28-,43?/m0/s1. The minimum absolute atomic E-state index is 0.155. The topological polar surface area (TPSA) is 192 Å². The van der Waals surface area contributed by atoms with Crippen LogP contribution in [0, 0.1) is 0 Å². The van der Waals surface area contributed by atoms with Crippen LogP contribution in [0.15, 0.2) is 53.8 Å². The molecule has 2 aromatic heterocycles. The molecule has 6 atom stereocenters. The Kier molecular flexibility index (Phi) is 9.45. The first kappa shape index (κ1) is 31.0. The maximum absolute atomic E-state index is 14.0. The Morgan fingerprint density at radius 2 is 2.00 bits per heavy atom. The van der Waals surface area contributed by atoms with Crippen molar-refractivity contribution in [1.29, 1.82) is 0 Å². The second-order valence-electron chi connectivity index (χ2n) is 10.8. The number of nitrogens with zero attached hydrogens (tertiary/aromatic N) is 4. The highest BCUT2D eigenvalue weighted by Crippen LogP contribution is 2.47. The van der Waals surface area contributed by atoms with Crippen molar-refractivity contribution >= 4 is 31.8 Å². The van der Waals surface area contributed by atoms with Crippen molar-refractivity contribution in [2.45, 2.75) is 75.1 Å². The van der Waals surface area contributed by atoms with E-state index in [0.717, 1.165) is 32.1 Å². The first-order valence-corrected chi connectivity index (χ1v) is 15.7. The van der Waals surface area contributed by atoms with Crippen molar-refractivity contribution in [2.24, 2.45) is 4.99 Å². The van der Waals surface area contributed by atoms with Crippen molar-refractivity contribution in [3.05, 3.63) is 54.5 Å². The fourth-order valence-corrected chi connectivity index (χ4v) is 7.01. The molecular weight excluding hydrogens is 579 g/mol. The number of aromatic nitrogens is 3. The summed E-state index contributed by atoms with van der Waals surface area (Å²) in [6, 6.07) is 10.6. The molecule has 1 aromatic carbocycles. The van der Waals surface area contributed by atoms with Crippen LogP contribution in [-0.2, 0) is 29.0 Å². The summed E-state index contributed by atoms with van der Waals surface area (Å²) in [4.78, 5) is 20.8. The number of anilines is 1. The van der Waals surface area contributed by atoms with Crippen molar-refractivity contribution in [2.75, 3.05) is 18.9 Å². The lowest BCUT2D eigenvalue weighted by Gasteiger charge is -2.30. The third kappa shape index (κ3) is 6.59. The molecule has 0 bridgehead atoms. The molecule has 43 heavy (non-hydrogen) atoms. The zero-order chi connectivity index (χ0) is 30.6. The highest BCUT2D eigenvalue weighted by atomic mass is 31.2. The van der Waals surface area contributed by atoms with Gasteiger partial charge in [0.25, 0.3) is 0 Å². The number of aliphatic hydroxyl groups is 2. The first-order chi connectivity index (χ1) is 20.7. The largest absolute Gasteiger partial charge is 0.461 e. The van der Waals surface area contributed by atoms with Crippen LogP contribution in [0.4, 0.5) is 5.82 Å². The van der Waals surface area contributed by atoms with Gasteiger partial charge in [0.15, 0.2) is 11.4 Å². The molecule has 1 saturated heterocycles. The second kappa shape index (κ2) is 13.1. The summed E-state index contributed by atoms with van der Waals surface area (Å²) in [5, 5.41) is 29.2. The number of hydrogen-bond donors (Lipinski definition) is 4. The molecule has 0 amide bonds. The third-order valence-electron chi connectivity index (χ3n) is 7.72. The normalized spacial score (nSPS) is 26.5. The number of nitrogens with one attached hydrogen (secondary N) is 1. The van der Waals surface area contributed by atoms with Gasteiger partial charge in [-0.15, -0.1) is 0 Å². The summed E-state index contributed by atoms with van der Waals surface area (Å²) in [5.74, 6) is -0.157. The summed E-state index contributed by atoms with van der Waals surface area (Å²) in [6.07, 6.45) is 1.49. The van der Waals surface area contributed by atoms with Gasteiger partial charge in [-0.25, -0.2) is 14.1 Å². The molecule has 1 aliphatic carbocycles. The van der Waals surface area contributed by atoms with Crippen LogP contribution in [0.1, 0.15) is 44.7 Å². The van der Waals surface area contributed by atoms with Gasteiger partial charge < -0.3 is 29.9 Å². The Morgan fingerprint density at radius 1 is 1.26 bits per heavy atom. The Balaban J connectivity index is 1.35. The molecule has 0 radical (unpaired) electrons. The van der Waals surface area contributed by atoms with Gasteiger partial charge in [0.05, 0.1) is 18.8 Å². The smallest absolute Gasteiger partial charge is 0.459 e. The maximum Gasteiger partial charge on any atom is 0.459 e. The zero-order valence-corrected chi connectivity index (χ0v) is 24.7. The average molecular weight is 617 g/mol. The predicted octanol–water partition coefficient (Wildman–Crippen LogP) is 2.39. The molecule has 2 aliphatic rings. The molecular formula is C28H37N6O8P. The minimum Gasteiger partial charge on any atom is -0.461 e. The molecule has 5 rings (SSSR count). The number of ether oxygens (including phenoxy) is 2. The van der Waals surface area contributed by atoms with Crippen LogP contribution in [-0.4, -0.2) is 81.1 Å². The van der Waals surface area contributed by atoms with E-state index in [9.17, 15) is 19.6 Å². The van der Waals surface area contributed by atoms with Crippen molar-refractivity contribution in [3.63, 3.8) is 0 Å². The Labute approximate surface area is 248 Å². The highest BCUT2D eigenvalue weighted by Gasteiger charge is 2.57. The number of nitrogen functional groups attached to an aromatic ring is 1. The maximum atomic E-state index is 14.0. The van der Waals surface area contributed by atoms with Crippen LogP contribution < -0.4 is 15.3 Å². The number of fused-ring (bicyclic) bond motifs is 1. The summed E-state index contributed by atoms with van der Waals surface area (Å²) in [6.45, 7) is 4.41. The number of nitrogens with two attached hydrogens (primary N) is 1. The molecule has 0 spiro atoms. The Bertz CT molecular complexity index is 1470. The summed E-state index contributed by atoms with van der Waals surface area (Å²) in [7, 11) is -4.27. The molecule has 1 saturated carbocycles. The number of aliphatic imine (C=N–C) groups is 1. The summed E-state index contributed by atoms with van der Waals surface area (Å²) >= 11 is 0. The van der Waals surface area contributed by atoms with Gasteiger partial charge in [-0.05, 0) is 63.6 Å². The molecule has 1 aliphatic heterocycles. The van der Waals surface area contributed by atoms with Crippen LogP contribution in [0.2, 0.25) is 0 Å². The number of para-hydroxylation sites is 1. The van der Waals surface area contributed by atoms with E-state index in [-0.39, 0.29) is 24.2 Å². The van der Waals surface area contributed by atoms with E-state index in [0.29, 0.717) is 11.2 Å². The number of carbonyl (C=O) groups is 1. The van der Waals surface area contributed by atoms with Gasteiger partial charge in [-0.2, -0.15) is 10.2 Å². The molecule has 5 N–H and O–H groups in total. The molecule has 232 valence electrons. The monoisotopic (exact) mass is 616 g/mol. The van der Waals surface area contributed by atoms with Gasteiger partial charge in [-0.1, -0.05) is 24.6 Å². The lowest BCUT2D eigenvalue weighted by atomic mass is 9.91. The van der Waals surface area contributed by atoms with E-state index in [1.807, 2.05) is 0 Å². The van der Waals surface area contributed by atoms with E-state index >= 15 is 0 Å². The lowest BCUT2D eigenvalue weighted by Crippen LogP contribution is -2.44. The lowest BCUT2D eigenvalue weighted by molar-refractivity contribution is -0.152. The average Bonchev–Trinajstić information content (AvgIpc) is 3.54. The Morgan fingerprint density at radius 3 is 2.72 bits per heavy atom. The number of benzene rings is 1. The third-order valence-corrected chi connectivity index (χ3v) is 9.37.